The molecule has 0 aromatic rings. The van der Waals surface area contributed by atoms with Crippen molar-refractivity contribution in [2.45, 2.75) is 38.8 Å². The number of aliphatic hydroxyl groups excluding tert-OH is 1. The molecule has 0 aromatic heterocycles. The molecule has 1 amide bonds. The zero-order chi connectivity index (χ0) is 9.56. The van der Waals surface area contributed by atoms with Gasteiger partial charge in [-0.15, -0.1) is 0 Å². The Balaban J connectivity index is 3.54. The Bertz CT molecular complexity index is 137. The second-order valence-corrected chi connectivity index (χ2v) is 3.09. The van der Waals surface area contributed by atoms with Crippen molar-refractivity contribution < 1.29 is 9.90 Å². The Kier molecular flexibility index (Phi) is 5.66. The third-order valence-corrected chi connectivity index (χ3v) is 1.47. The fourth-order valence-corrected chi connectivity index (χ4v) is 1.05. The predicted octanol–water partition coefficient (Wildman–Crippen LogP) is -0.389. The number of rotatable bonds is 5. The van der Waals surface area contributed by atoms with Gasteiger partial charge in [-0.2, -0.15) is 0 Å². The highest BCUT2D eigenvalue weighted by molar-refractivity contribution is 5.76. The normalized spacial score (nSPS) is 15.3. The molecule has 0 heterocycles. The standard InChI is InChI=1S/C8H18N2O2/c1-6(5-7(2)11)10-8(12)3-4-9/h6-7,11H,3-5,9H2,1-2H3,(H,10,12). The highest BCUT2D eigenvalue weighted by Crippen LogP contribution is 1.96. The van der Waals surface area contributed by atoms with Gasteiger partial charge < -0.3 is 16.2 Å². The van der Waals surface area contributed by atoms with Crippen LogP contribution in [-0.4, -0.2) is 29.7 Å². The Morgan fingerprint density at radius 1 is 1.58 bits per heavy atom. The summed E-state index contributed by atoms with van der Waals surface area (Å²) in [5.74, 6) is -0.0503. The molecule has 4 N–H and O–H groups in total. The summed E-state index contributed by atoms with van der Waals surface area (Å²) < 4.78 is 0. The van der Waals surface area contributed by atoms with Crippen LogP contribution in [0.25, 0.3) is 0 Å². The molecule has 2 unspecified atom stereocenters. The van der Waals surface area contributed by atoms with Gasteiger partial charge in [0, 0.05) is 19.0 Å². The summed E-state index contributed by atoms with van der Waals surface area (Å²) in [6.07, 6.45) is 0.554. The Labute approximate surface area is 73.1 Å². The topological polar surface area (TPSA) is 75.3 Å². The van der Waals surface area contributed by atoms with E-state index in [2.05, 4.69) is 5.32 Å². The van der Waals surface area contributed by atoms with Crippen molar-refractivity contribution in [1.82, 2.24) is 5.32 Å². The fraction of sp³-hybridized carbons (Fsp3) is 0.875. The van der Waals surface area contributed by atoms with E-state index in [1.165, 1.54) is 0 Å². The van der Waals surface area contributed by atoms with Gasteiger partial charge in [0.1, 0.15) is 0 Å². The van der Waals surface area contributed by atoms with Crippen molar-refractivity contribution in [1.29, 1.82) is 0 Å². The summed E-state index contributed by atoms with van der Waals surface area (Å²) >= 11 is 0. The first kappa shape index (κ1) is 11.4. The maximum atomic E-state index is 11.0. The molecule has 0 aliphatic heterocycles. The van der Waals surface area contributed by atoms with Gasteiger partial charge in [0.05, 0.1) is 6.10 Å². The van der Waals surface area contributed by atoms with E-state index in [0.29, 0.717) is 19.4 Å². The molecule has 0 spiro atoms. The van der Waals surface area contributed by atoms with Crippen molar-refractivity contribution >= 4 is 5.91 Å². The van der Waals surface area contributed by atoms with E-state index in [-0.39, 0.29) is 18.1 Å². The SMILES string of the molecule is CC(O)CC(C)NC(=O)CCN. The molecule has 2 atom stereocenters. The van der Waals surface area contributed by atoms with Gasteiger partial charge in [0.15, 0.2) is 0 Å². The van der Waals surface area contributed by atoms with E-state index in [9.17, 15) is 4.79 Å². The zero-order valence-corrected chi connectivity index (χ0v) is 7.71. The first-order chi connectivity index (χ1) is 5.56. The van der Waals surface area contributed by atoms with Crippen molar-refractivity contribution in [3.05, 3.63) is 0 Å². The van der Waals surface area contributed by atoms with E-state index < -0.39 is 0 Å². The van der Waals surface area contributed by atoms with Gasteiger partial charge in [-0.25, -0.2) is 0 Å². The maximum absolute atomic E-state index is 11.0. The Morgan fingerprint density at radius 3 is 2.58 bits per heavy atom. The molecule has 0 saturated carbocycles. The molecular formula is C8H18N2O2. The number of carbonyl (C=O) groups excluding carboxylic acids is 1. The number of hydrogen-bond acceptors (Lipinski definition) is 3. The van der Waals surface area contributed by atoms with Gasteiger partial charge in [-0.3, -0.25) is 4.79 Å². The summed E-state index contributed by atoms with van der Waals surface area (Å²) in [7, 11) is 0. The second-order valence-electron chi connectivity index (χ2n) is 3.09. The van der Waals surface area contributed by atoms with Crippen molar-refractivity contribution in [3.63, 3.8) is 0 Å². The molecule has 4 heteroatoms. The molecule has 0 aliphatic carbocycles. The second kappa shape index (κ2) is 5.97. The largest absolute Gasteiger partial charge is 0.393 e. The molecule has 0 saturated heterocycles. The zero-order valence-electron chi connectivity index (χ0n) is 7.71. The number of nitrogens with one attached hydrogen (secondary N) is 1. The highest BCUT2D eigenvalue weighted by atomic mass is 16.3. The predicted molar refractivity (Wildman–Crippen MR) is 47.6 cm³/mol. The lowest BCUT2D eigenvalue weighted by molar-refractivity contribution is -0.121. The van der Waals surface area contributed by atoms with E-state index in [0.717, 1.165) is 0 Å². The summed E-state index contributed by atoms with van der Waals surface area (Å²) in [6, 6.07) is 0.0176. The van der Waals surface area contributed by atoms with Crippen LogP contribution in [0.3, 0.4) is 0 Å². The average Bonchev–Trinajstić information content (AvgIpc) is 1.84. The van der Waals surface area contributed by atoms with Crippen molar-refractivity contribution in [3.8, 4) is 0 Å². The van der Waals surface area contributed by atoms with Crippen LogP contribution >= 0.6 is 0 Å². The summed E-state index contributed by atoms with van der Waals surface area (Å²) in [5.41, 5.74) is 5.20. The van der Waals surface area contributed by atoms with Crippen LogP contribution in [0.1, 0.15) is 26.7 Å². The van der Waals surface area contributed by atoms with Crippen LogP contribution in [0.4, 0.5) is 0 Å². The van der Waals surface area contributed by atoms with E-state index >= 15 is 0 Å². The molecule has 0 fully saturated rings. The molecule has 4 nitrogen and oxygen atoms in total. The number of carbonyl (C=O) groups is 1. The number of nitrogens with two attached hydrogens (primary N) is 1. The lowest BCUT2D eigenvalue weighted by atomic mass is 10.1. The number of amides is 1. The molecule has 0 radical (unpaired) electrons. The van der Waals surface area contributed by atoms with E-state index in [1.807, 2.05) is 6.92 Å². The van der Waals surface area contributed by atoms with Gasteiger partial charge in [0.25, 0.3) is 0 Å². The molecular weight excluding hydrogens is 156 g/mol. The molecule has 0 bridgehead atoms. The monoisotopic (exact) mass is 174 g/mol. The van der Waals surface area contributed by atoms with Crippen LogP contribution in [-0.2, 0) is 4.79 Å². The van der Waals surface area contributed by atoms with Crippen molar-refractivity contribution in [2.24, 2.45) is 5.73 Å². The summed E-state index contributed by atoms with van der Waals surface area (Å²) in [6.45, 7) is 3.93. The average molecular weight is 174 g/mol. The van der Waals surface area contributed by atoms with Crippen LogP contribution in [0.5, 0.6) is 0 Å². The lowest BCUT2D eigenvalue weighted by Crippen LogP contribution is -2.35. The smallest absolute Gasteiger partial charge is 0.221 e. The van der Waals surface area contributed by atoms with Crippen LogP contribution in [0, 0.1) is 0 Å². The van der Waals surface area contributed by atoms with Gasteiger partial charge >= 0.3 is 0 Å². The molecule has 0 rings (SSSR count). The molecule has 72 valence electrons. The summed E-state index contributed by atoms with van der Waals surface area (Å²) in [4.78, 5) is 11.0. The third kappa shape index (κ3) is 6.12. The van der Waals surface area contributed by atoms with Crippen molar-refractivity contribution in [2.75, 3.05) is 6.54 Å². The quantitative estimate of drug-likeness (QED) is 0.531. The van der Waals surface area contributed by atoms with Crippen LogP contribution < -0.4 is 11.1 Å². The first-order valence-electron chi connectivity index (χ1n) is 4.23. The molecule has 12 heavy (non-hydrogen) atoms. The Morgan fingerprint density at radius 2 is 2.17 bits per heavy atom. The minimum Gasteiger partial charge on any atom is -0.393 e. The van der Waals surface area contributed by atoms with Gasteiger partial charge in [-0.1, -0.05) is 0 Å². The van der Waals surface area contributed by atoms with Gasteiger partial charge in [-0.05, 0) is 20.3 Å². The maximum Gasteiger partial charge on any atom is 0.221 e. The van der Waals surface area contributed by atoms with Crippen LogP contribution in [0.2, 0.25) is 0 Å². The highest BCUT2D eigenvalue weighted by Gasteiger charge is 2.08. The Hall–Kier alpha value is -0.610. The number of aliphatic hydroxyl groups is 1. The van der Waals surface area contributed by atoms with E-state index in [1.54, 1.807) is 6.92 Å². The first-order valence-corrected chi connectivity index (χ1v) is 4.23. The van der Waals surface area contributed by atoms with Gasteiger partial charge in [0.2, 0.25) is 5.91 Å². The minimum absolute atomic E-state index is 0.0176. The molecule has 0 aliphatic rings. The summed E-state index contributed by atoms with van der Waals surface area (Å²) in [5, 5.41) is 11.7. The third-order valence-electron chi connectivity index (χ3n) is 1.47. The van der Waals surface area contributed by atoms with Crippen LogP contribution in [0.15, 0.2) is 0 Å². The van der Waals surface area contributed by atoms with E-state index in [4.69, 9.17) is 10.8 Å². The minimum atomic E-state index is -0.377. The number of hydrogen-bond donors (Lipinski definition) is 3. The fourth-order valence-electron chi connectivity index (χ4n) is 1.05. The molecule has 0 aromatic carbocycles. The lowest BCUT2D eigenvalue weighted by Gasteiger charge is -2.14.